The Morgan fingerprint density at radius 2 is 1.51 bits per heavy atom. The van der Waals surface area contributed by atoms with Crippen molar-refractivity contribution in [1.29, 1.82) is 0 Å². The summed E-state index contributed by atoms with van der Waals surface area (Å²) in [4.78, 5) is 13.2. The SMILES string of the molecule is O=C(NCCNC1C2CC3CC(C2)CC1C3)c1nn(-c2ccc(Cl)cc2Cl)c(-c2ccc(Cl)cc2)c1Cl. The van der Waals surface area contributed by atoms with E-state index >= 15 is 0 Å². The molecule has 0 radical (unpaired) electrons. The third-order valence-electron chi connectivity index (χ3n) is 8.32. The van der Waals surface area contributed by atoms with Crippen molar-refractivity contribution in [2.45, 2.75) is 38.1 Å². The Morgan fingerprint density at radius 1 is 0.865 bits per heavy atom. The van der Waals surface area contributed by atoms with Crippen LogP contribution in [0.1, 0.15) is 42.6 Å². The Morgan fingerprint density at radius 3 is 2.16 bits per heavy atom. The molecule has 4 aliphatic rings. The fourth-order valence-corrected chi connectivity index (χ4v) is 7.91. The molecule has 4 bridgehead atoms. The van der Waals surface area contributed by atoms with Gasteiger partial charge in [0.2, 0.25) is 0 Å². The van der Waals surface area contributed by atoms with Gasteiger partial charge in [0.25, 0.3) is 5.91 Å². The summed E-state index contributed by atoms with van der Waals surface area (Å²) in [6.07, 6.45) is 6.91. The van der Waals surface area contributed by atoms with Gasteiger partial charge in [0.05, 0.1) is 16.4 Å². The van der Waals surface area contributed by atoms with E-state index in [0.29, 0.717) is 39.0 Å². The van der Waals surface area contributed by atoms with Gasteiger partial charge in [0.1, 0.15) is 5.02 Å². The molecule has 194 valence electrons. The molecule has 2 N–H and O–H groups in total. The fourth-order valence-electron chi connectivity index (χ4n) is 6.99. The molecule has 7 rings (SSSR count). The number of rotatable bonds is 7. The molecule has 0 saturated heterocycles. The van der Waals surface area contributed by atoms with Crippen LogP contribution in [0.4, 0.5) is 0 Å². The van der Waals surface area contributed by atoms with E-state index in [9.17, 15) is 4.79 Å². The monoisotopic (exact) mass is 576 g/mol. The highest BCUT2D eigenvalue weighted by Crippen LogP contribution is 2.53. The van der Waals surface area contributed by atoms with Crippen LogP contribution in [0.3, 0.4) is 0 Å². The van der Waals surface area contributed by atoms with Gasteiger partial charge in [-0.15, -0.1) is 0 Å². The highest BCUT2D eigenvalue weighted by molar-refractivity contribution is 6.37. The number of halogens is 4. The third kappa shape index (κ3) is 5.02. The minimum atomic E-state index is -0.323. The molecular formula is C28H28Cl4N4O. The Balaban J connectivity index is 1.19. The van der Waals surface area contributed by atoms with Crippen molar-refractivity contribution < 1.29 is 4.79 Å². The molecule has 3 aromatic rings. The summed E-state index contributed by atoms with van der Waals surface area (Å²) in [5.41, 5.74) is 2.03. The number of hydrogen-bond acceptors (Lipinski definition) is 3. The summed E-state index contributed by atoms with van der Waals surface area (Å²) in [5, 5.41) is 13.1. The molecule has 2 aromatic carbocycles. The molecule has 37 heavy (non-hydrogen) atoms. The normalized spacial score (nSPS) is 26.0. The first-order valence-corrected chi connectivity index (χ1v) is 14.4. The second-order valence-corrected chi connectivity index (χ2v) is 12.4. The maximum Gasteiger partial charge on any atom is 0.273 e. The number of carbonyl (C=O) groups excluding carboxylic acids is 1. The molecule has 5 nitrogen and oxygen atoms in total. The largest absolute Gasteiger partial charge is 0.349 e. The van der Waals surface area contributed by atoms with Gasteiger partial charge in [0, 0.05) is 34.7 Å². The van der Waals surface area contributed by atoms with Crippen LogP contribution in [0.2, 0.25) is 20.1 Å². The van der Waals surface area contributed by atoms with Crippen LogP contribution in [0.25, 0.3) is 16.9 Å². The number of hydrogen-bond donors (Lipinski definition) is 2. The highest BCUT2D eigenvalue weighted by atomic mass is 35.5. The van der Waals surface area contributed by atoms with Crippen molar-refractivity contribution in [3.05, 3.63) is 68.2 Å². The Hall–Kier alpha value is -1.76. The maximum absolute atomic E-state index is 13.2. The van der Waals surface area contributed by atoms with E-state index in [1.165, 1.54) is 32.1 Å². The molecule has 0 unspecified atom stereocenters. The van der Waals surface area contributed by atoms with E-state index in [1.807, 2.05) is 12.1 Å². The number of amides is 1. The first-order valence-electron chi connectivity index (χ1n) is 12.9. The van der Waals surface area contributed by atoms with Crippen LogP contribution < -0.4 is 10.6 Å². The van der Waals surface area contributed by atoms with Crippen molar-refractivity contribution in [1.82, 2.24) is 20.4 Å². The zero-order chi connectivity index (χ0) is 25.7. The zero-order valence-corrected chi connectivity index (χ0v) is 23.2. The third-order valence-corrected chi connectivity index (χ3v) is 9.46. The molecule has 4 saturated carbocycles. The van der Waals surface area contributed by atoms with Crippen LogP contribution in [0, 0.1) is 23.7 Å². The van der Waals surface area contributed by atoms with Gasteiger partial charge < -0.3 is 10.6 Å². The minimum absolute atomic E-state index is 0.146. The lowest BCUT2D eigenvalue weighted by molar-refractivity contribution is -0.0133. The second-order valence-electron chi connectivity index (χ2n) is 10.7. The van der Waals surface area contributed by atoms with E-state index in [2.05, 4.69) is 15.7 Å². The van der Waals surface area contributed by atoms with Crippen molar-refractivity contribution >= 4 is 52.3 Å². The van der Waals surface area contributed by atoms with E-state index in [1.54, 1.807) is 35.0 Å². The average Bonchev–Trinajstić information content (AvgIpc) is 3.20. The standard InChI is InChI=1S/C28H28Cl4N4O/c29-20-3-1-17(2-4-20)27-24(32)26(35-36(27)23-6-5-21(30)14-22(23)31)28(37)34-8-7-33-25-18-10-15-9-16(12-18)13-19(25)11-15/h1-6,14-16,18-19,25,33H,7-13H2,(H,34,37). The van der Waals surface area contributed by atoms with E-state index in [-0.39, 0.29) is 16.6 Å². The van der Waals surface area contributed by atoms with Gasteiger partial charge in [-0.1, -0.05) is 58.5 Å². The molecule has 1 heterocycles. The van der Waals surface area contributed by atoms with E-state index < -0.39 is 0 Å². The second kappa shape index (κ2) is 10.4. The van der Waals surface area contributed by atoms with E-state index in [0.717, 1.165) is 35.8 Å². The smallest absolute Gasteiger partial charge is 0.273 e. The number of benzene rings is 2. The molecule has 4 aliphatic carbocycles. The first-order chi connectivity index (χ1) is 17.9. The summed E-state index contributed by atoms with van der Waals surface area (Å²) in [6.45, 7) is 1.23. The van der Waals surface area contributed by atoms with Gasteiger partial charge >= 0.3 is 0 Å². The Bertz CT molecular complexity index is 1290. The Labute approximate surface area is 236 Å². The maximum atomic E-state index is 13.2. The van der Waals surface area contributed by atoms with Crippen molar-refractivity contribution in [2.75, 3.05) is 13.1 Å². The van der Waals surface area contributed by atoms with Crippen LogP contribution in [0.15, 0.2) is 42.5 Å². The van der Waals surface area contributed by atoms with Crippen molar-refractivity contribution in [3.8, 4) is 16.9 Å². The lowest BCUT2D eigenvalue weighted by atomic mass is 9.54. The molecular weight excluding hydrogens is 550 g/mol. The summed E-state index contributed by atoms with van der Waals surface area (Å²) in [6, 6.07) is 12.9. The van der Waals surface area contributed by atoms with Crippen LogP contribution in [-0.2, 0) is 0 Å². The van der Waals surface area contributed by atoms with Gasteiger partial charge in [0.15, 0.2) is 5.69 Å². The molecule has 9 heteroatoms. The average molecular weight is 578 g/mol. The molecule has 4 fully saturated rings. The van der Waals surface area contributed by atoms with Gasteiger partial charge in [-0.2, -0.15) is 5.10 Å². The van der Waals surface area contributed by atoms with Crippen molar-refractivity contribution in [2.24, 2.45) is 23.7 Å². The lowest BCUT2D eigenvalue weighted by Crippen LogP contribution is -2.55. The predicted octanol–water partition coefficient (Wildman–Crippen LogP) is 7.30. The predicted molar refractivity (Wildman–Crippen MR) is 150 cm³/mol. The summed E-state index contributed by atoms with van der Waals surface area (Å²) in [5.74, 6) is 3.16. The Kier molecular flexibility index (Phi) is 7.19. The zero-order valence-electron chi connectivity index (χ0n) is 20.2. The van der Waals surface area contributed by atoms with Gasteiger partial charge in [-0.3, -0.25) is 4.79 Å². The molecule has 0 aliphatic heterocycles. The molecule has 0 atom stereocenters. The van der Waals surface area contributed by atoms with Crippen LogP contribution in [0.5, 0.6) is 0 Å². The van der Waals surface area contributed by atoms with Gasteiger partial charge in [-0.25, -0.2) is 4.68 Å². The number of aromatic nitrogens is 2. The summed E-state index contributed by atoms with van der Waals surface area (Å²) in [7, 11) is 0. The number of nitrogens with zero attached hydrogens (tertiary/aromatic N) is 2. The minimum Gasteiger partial charge on any atom is -0.349 e. The highest BCUT2D eigenvalue weighted by Gasteiger charge is 2.47. The fraction of sp³-hybridized carbons (Fsp3) is 0.429. The lowest BCUT2D eigenvalue weighted by Gasteiger charge is -2.54. The van der Waals surface area contributed by atoms with Crippen LogP contribution >= 0.6 is 46.4 Å². The van der Waals surface area contributed by atoms with Crippen LogP contribution in [-0.4, -0.2) is 34.8 Å². The van der Waals surface area contributed by atoms with Crippen molar-refractivity contribution in [3.63, 3.8) is 0 Å². The quantitative estimate of drug-likeness (QED) is 0.290. The first kappa shape index (κ1) is 25.5. The molecule has 1 aromatic heterocycles. The molecule has 0 spiro atoms. The summed E-state index contributed by atoms with van der Waals surface area (Å²) >= 11 is 25.5. The van der Waals surface area contributed by atoms with E-state index in [4.69, 9.17) is 46.4 Å². The van der Waals surface area contributed by atoms with Gasteiger partial charge in [-0.05, 0) is 86.1 Å². The topological polar surface area (TPSA) is 59.0 Å². The molecule has 1 amide bonds. The number of carbonyl (C=O) groups is 1. The summed E-state index contributed by atoms with van der Waals surface area (Å²) < 4.78 is 1.59. The number of nitrogens with one attached hydrogen (secondary N) is 2.